The summed E-state index contributed by atoms with van der Waals surface area (Å²) in [6.07, 6.45) is 13.4. The van der Waals surface area contributed by atoms with E-state index in [1.165, 1.54) is 19.6 Å². The van der Waals surface area contributed by atoms with Gasteiger partial charge in [0.15, 0.2) is 11.5 Å². The molecule has 1 saturated heterocycles. The maximum atomic E-state index is 13.6. The summed E-state index contributed by atoms with van der Waals surface area (Å²) in [4.78, 5) is 29.1. The molecule has 6 atom stereocenters. The Hall–Kier alpha value is -2.58. The predicted molar refractivity (Wildman–Crippen MR) is 155 cm³/mol. The fourth-order valence-electron chi connectivity index (χ4n) is 5.53. The number of H-pyrrole nitrogens is 1. The standard InChI is InChI=1S/C30H37NO5S2/c1-19-6-4-5-7-21(19)13-26-27(23-10-11-31-16-23)18-38-37-17-24(12-25(33)15-29(26)36-20(2)32)22-8-9-28(34)30(14-22)35-3/h4-11,14,16,19,21,24,26-27,29,31,34H,12-13,15,17-18H2,1-3H3/t19-,21+,24+,26-,27-,29-/m0/s1. The first-order valence-electron chi connectivity index (χ1n) is 13.1. The maximum Gasteiger partial charge on any atom is 0.302 e. The summed E-state index contributed by atoms with van der Waals surface area (Å²) in [5.41, 5.74) is 2.13. The molecule has 8 heteroatoms. The minimum absolute atomic E-state index is 0.0133. The number of aromatic amines is 1. The number of phenols is 1. The van der Waals surface area contributed by atoms with E-state index in [4.69, 9.17) is 9.47 Å². The number of methoxy groups -OCH3 is 1. The predicted octanol–water partition coefficient (Wildman–Crippen LogP) is 6.66. The van der Waals surface area contributed by atoms with Crippen LogP contribution in [0.1, 0.15) is 56.1 Å². The molecule has 1 aliphatic carbocycles. The molecule has 0 unspecified atom stereocenters. The molecule has 0 saturated carbocycles. The number of carbonyl (C=O) groups excluding carboxylic acids is 2. The molecule has 2 N–H and O–H groups in total. The third-order valence-electron chi connectivity index (χ3n) is 7.64. The van der Waals surface area contributed by atoms with Crippen LogP contribution in [0.25, 0.3) is 0 Å². The molecule has 6 nitrogen and oxygen atoms in total. The Bertz CT molecular complexity index is 1150. The molecule has 1 aliphatic heterocycles. The van der Waals surface area contributed by atoms with Crippen molar-refractivity contribution in [2.45, 2.75) is 51.0 Å². The Morgan fingerprint density at radius 3 is 2.61 bits per heavy atom. The van der Waals surface area contributed by atoms with E-state index in [1.807, 2.05) is 24.5 Å². The number of phenolic OH excluding ortho intramolecular Hbond substituents is 1. The Balaban J connectivity index is 1.66. The summed E-state index contributed by atoms with van der Waals surface area (Å²) in [6.45, 7) is 3.65. The zero-order valence-electron chi connectivity index (χ0n) is 22.2. The van der Waals surface area contributed by atoms with Crippen LogP contribution in [0.2, 0.25) is 0 Å². The molecule has 1 aromatic heterocycles. The second kappa shape index (κ2) is 13.5. The Morgan fingerprint density at radius 2 is 1.89 bits per heavy atom. The fourth-order valence-corrected chi connectivity index (χ4v) is 8.29. The number of carbonyl (C=O) groups is 2. The van der Waals surface area contributed by atoms with Gasteiger partial charge in [-0.2, -0.15) is 0 Å². The molecule has 0 bridgehead atoms. The number of nitrogens with one attached hydrogen (secondary N) is 1. The van der Waals surface area contributed by atoms with E-state index in [0.717, 1.165) is 23.5 Å². The number of rotatable bonds is 6. The van der Waals surface area contributed by atoms with E-state index >= 15 is 0 Å². The topological polar surface area (TPSA) is 88.6 Å². The van der Waals surface area contributed by atoms with Crippen molar-refractivity contribution >= 4 is 33.3 Å². The summed E-state index contributed by atoms with van der Waals surface area (Å²) in [5.74, 6) is 2.52. The number of ketones is 1. The third kappa shape index (κ3) is 7.29. The number of hydrogen-bond donors (Lipinski definition) is 2. The number of esters is 1. The number of allylic oxidation sites excluding steroid dienone is 4. The number of hydrogen-bond acceptors (Lipinski definition) is 7. The van der Waals surface area contributed by atoms with Crippen molar-refractivity contribution in [2.75, 3.05) is 18.6 Å². The van der Waals surface area contributed by atoms with Gasteiger partial charge in [-0.1, -0.05) is 58.9 Å². The molecular weight excluding hydrogens is 518 g/mol. The van der Waals surface area contributed by atoms with Gasteiger partial charge in [0.25, 0.3) is 0 Å². The van der Waals surface area contributed by atoms with Gasteiger partial charge in [-0.25, -0.2) is 0 Å². The minimum Gasteiger partial charge on any atom is -0.504 e. The van der Waals surface area contributed by atoms with Crippen molar-refractivity contribution in [2.24, 2.45) is 17.8 Å². The number of benzene rings is 1. The van der Waals surface area contributed by atoms with Crippen LogP contribution in [-0.4, -0.2) is 46.6 Å². The maximum absolute atomic E-state index is 13.6. The lowest BCUT2D eigenvalue weighted by atomic mass is 9.73. The average Bonchev–Trinajstić information content (AvgIpc) is 3.41. The zero-order chi connectivity index (χ0) is 27.1. The normalized spacial score (nSPS) is 28.4. The van der Waals surface area contributed by atoms with Crippen LogP contribution in [0.3, 0.4) is 0 Å². The van der Waals surface area contributed by atoms with Gasteiger partial charge >= 0.3 is 5.97 Å². The van der Waals surface area contributed by atoms with Gasteiger partial charge in [0, 0.05) is 61.4 Å². The second-order valence-corrected chi connectivity index (χ2v) is 12.8. The molecule has 1 aromatic carbocycles. The van der Waals surface area contributed by atoms with Gasteiger partial charge in [0.2, 0.25) is 0 Å². The molecule has 38 heavy (non-hydrogen) atoms. The molecule has 2 aliphatic rings. The number of aromatic nitrogens is 1. The summed E-state index contributed by atoms with van der Waals surface area (Å²) in [5, 5.41) is 10.1. The molecule has 0 spiro atoms. The average molecular weight is 556 g/mol. The smallest absolute Gasteiger partial charge is 0.302 e. The van der Waals surface area contributed by atoms with Crippen molar-refractivity contribution in [1.82, 2.24) is 4.98 Å². The Kier molecular flexibility index (Phi) is 10.1. The Labute approximate surface area is 233 Å². The molecule has 1 fully saturated rings. The quantitative estimate of drug-likeness (QED) is 0.304. The summed E-state index contributed by atoms with van der Waals surface area (Å²) >= 11 is 0. The minimum atomic E-state index is -0.509. The lowest BCUT2D eigenvalue weighted by Gasteiger charge is -2.36. The lowest BCUT2D eigenvalue weighted by Crippen LogP contribution is -2.36. The van der Waals surface area contributed by atoms with Crippen LogP contribution in [-0.2, 0) is 14.3 Å². The monoisotopic (exact) mass is 555 g/mol. The third-order valence-corrected chi connectivity index (χ3v) is 10.2. The van der Waals surface area contributed by atoms with E-state index < -0.39 is 6.10 Å². The number of Topliss-reactive ketones (excluding diaryl/α,β-unsaturated/α-hetero) is 1. The second-order valence-electron chi connectivity index (χ2n) is 10.2. The van der Waals surface area contributed by atoms with Crippen LogP contribution >= 0.6 is 21.6 Å². The highest BCUT2D eigenvalue weighted by molar-refractivity contribution is 8.76. The largest absolute Gasteiger partial charge is 0.504 e. The lowest BCUT2D eigenvalue weighted by molar-refractivity contribution is -0.151. The van der Waals surface area contributed by atoms with Gasteiger partial charge in [-0.3, -0.25) is 9.59 Å². The molecule has 204 valence electrons. The zero-order valence-corrected chi connectivity index (χ0v) is 23.8. The van der Waals surface area contributed by atoms with Crippen molar-refractivity contribution < 1.29 is 24.2 Å². The highest BCUT2D eigenvalue weighted by Gasteiger charge is 2.37. The van der Waals surface area contributed by atoms with Crippen molar-refractivity contribution in [3.63, 3.8) is 0 Å². The van der Waals surface area contributed by atoms with E-state index in [0.29, 0.717) is 24.0 Å². The van der Waals surface area contributed by atoms with E-state index in [1.54, 1.807) is 27.7 Å². The van der Waals surface area contributed by atoms with Gasteiger partial charge in [-0.15, -0.1) is 0 Å². The van der Waals surface area contributed by atoms with Crippen molar-refractivity contribution in [1.29, 1.82) is 0 Å². The van der Waals surface area contributed by atoms with Crippen LogP contribution in [0.5, 0.6) is 11.5 Å². The molecule has 2 heterocycles. The van der Waals surface area contributed by atoms with Crippen LogP contribution < -0.4 is 4.74 Å². The molecule has 2 aromatic rings. The fraction of sp³-hybridized carbons (Fsp3) is 0.467. The first-order valence-corrected chi connectivity index (χ1v) is 15.6. The van der Waals surface area contributed by atoms with Gasteiger partial charge in [0.1, 0.15) is 11.9 Å². The van der Waals surface area contributed by atoms with E-state index in [-0.39, 0.29) is 41.7 Å². The summed E-state index contributed by atoms with van der Waals surface area (Å²) in [7, 11) is 5.10. The Morgan fingerprint density at radius 1 is 1.11 bits per heavy atom. The highest BCUT2D eigenvalue weighted by atomic mass is 33.1. The first kappa shape index (κ1) is 28.4. The summed E-state index contributed by atoms with van der Waals surface area (Å²) < 4.78 is 11.3. The summed E-state index contributed by atoms with van der Waals surface area (Å²) in [6, 6.07) is 7.40. The van der Waals surface area contributed by atoms with Gasteiger partial charge in [0.05, 0.1) is 7.11 Å². The van der Waals surface area contributed by atoms with Gasteiger partial charge in [-0.05, 0) is 47.6 Å². The highest BCUT2D eigenvalue weighted by Crippen LogP contribution is 2.44. The van der Waals surface area contributed by atoms with E-state index in [9.17, 15) is 14.7 Å². The SMILES string of the molecule is COc1cc([C@H]2CSSC[C@@H](c3cc[nH]c3)[C@H](C[C@H]3C=CC=C[C@@H]3C)[C@@H](OC(C)=O)CC(=O)C2)ccc1O. The van der Waals surface area contributed by atoms with Crippen molar-refractivity contribution in [3.8, 4) is 11.5 Å². The van der Waals surface area contributed by atoms with E-state index in [2.05, 4.69) is 42.3 Å². The number of ether oxygens (including phenoxy) is 2. The van der Waals surface area contributed by atoms with Crippen LogP contribution in [0.4, 0.5) is 0 Å². The van der Waals surface area contributed by atoms with Crippen LogP contribution in [0.15, 0.2) is 61.0 Å². The molecular formula is C30H37NO5S2. The van der Waals surface area contributed by atoms with Gasteiger partial charge < -0.3 is 19.6 Å². The molecule has 4 rings (SSSR count). The first-order chi connectivity index (χ1) is 18.4. The molecule has 0 radical (unpaired) electrons. The number of aromatic hydroxyl groups is 1. The van der Waals surface area contributed by atoms with Crippen molar-refractivity contribution in [3.05, 3.63) is 72.1 Å². The van der Waals surface area contributed by atoms with Crippen LogP contribution in [0, 0.1) is 17.8 Å². The molecule has 0 amide bonds.